The second-order valence-electron chi connectivity index (χ2n) is 4.62. The lowest BCUT2D eigenvalue weighted by Gasteiger charge is -2.22. The third-order valence-corrected chi connectivity index (χ3v) is 4.43. The van der Waals surface area contributed by atoms with E-state index in [1.54, 1.807) is 23.3 Å². The molecule has 0 bridgehead atoms. The smallest absolute Gasteiger partial charge is 0.317 e. The Hall–Kier alpha value is -1.08. The van der Waals surface area contributed by atoms with Crippen molar-refractivity contribution in [1.82, 2.24) is 10.2 Å². The molecule has 2 N–H and O–H groups in total. The van der Waals surface area contributed by atoms with Gasteiger partial charge < -0.3 is 15.3 Å². The average Bonchev–Trinajstić information content (AvgIpc) is 2.74. The van der Waals surface area contributed by atoms with Crippen LogP contribution in [0.25, 0.3) is 0 Å². The van der Waals surface area contributed by atoms with E-state index in [9.17, 15) is 9.59 Å². The first kappa shape index (κ1) is 17.0. The van der Waals surface area contributed by atoms with Crippen molar-refractivity contribution in [3.8, 4) is 0 Å². The first-order valence-electron chi connectivity index (χ1n) is 6.38. The number of carboxylic acid groups (broad SMARTS) is 1. The van der Waals surface area contributed by atoms with Crippen molar-refractivity contribution in [3.05, 3.63) is 20.8 Å². The van der Waals surface area contributed by atoms with Crippen LogP contribution in [0.2, 0.25) is 0 Å². The van der Waals surface area contributed by atoms with Gasteiger partial charge in [0, 0.05) is 27.8 Å². The van der Waals surface area contributed by atoms with Crippen molar-refractivity contribution in [2.24, 2.45) is 0 Å². The molecule has 0 aromatic carbocycles. The van der Waals surface area contributed by atoms with Crippen LogP contribution >= 0.6 is 27.3 Å². The summed E-state index contributed by atoms with van der Waals surface area (Å²) in [4.78, 5) is 25.4. The Balaban J connectivity index is 2.52. The average molecular weight is 363 g/mol. The molecule has 1 aromatic heterocycles. The molecule has 2 amide bonds. The van der Waals surface area contributed by atoms with Gasteiger partial charge in [0.2, 0.25) is 0 Å². The summed E-state index contributed by atoms with van der Waals surface area (Å²) in [5.74, 6) is -0.895. The van der Waals surface area contributed by atoms with Gasteiger partial charge in [-0.1, -0.05) is 13.3 Å². The van der Waals surface area contributed by atoms with Crippen molar-refractivity contribution in [3.63, 3.8) is 0 Å². The van der Waals surface area contributed by atoms with Gasteiger partial charge in [0.05, 0.1) is 13.0 Å². The molecule has 0 aliphatic carbocycles. The molecule has 0 spiro atoms. The summed E-state index contributed by atoms with van der Waals surface area (Å²) in [6, 6.07) is 1.41. The van der Waals surface area contributed by atoms with E-state index in [1.165, 1.54) is 0 Å². The van der Waals surface area contributed by atoms with Crippen LogP contribution in [0.3, 0.4) is 0 Å². The molecule has 112 valence electrons. The topological polar surface area (TPSA) is 69.6 Å². The fourth-order valence-corrected chi connectivity index (χ4v) is 3.32. The van der Waals surface area contributed by atoms with Crippen molar-refractivity contribution in [2.45, 2.75) is 38.8 Å². The second-order valence-corrected chi connectivity index (χ2v) is 6.53. The number of hydrogen-bond acceptors (Lipinski definition) is 3. The first-order chi connectivity index (χ1) is 9.42. The zero-order valence-corrected chi connectivity index (χ0v) is 14.0. The summed E-state index contributed by atoms with van der Waals surface area (Å²) in [7, 11) is 1.70. The number of carboxylic acids is 1. The number of urea groups is 1. The van der Waals surface area contributed by atoms with Crippen LogP contribution in [0.5, 0.6) is 0 Å². The van der Waals surface area contributed by atoms with Gasteiger partial charge in [-0.3, -0.25) is 4.79 Å². The van der Waals surface area contributed by atoms with Gasteiger partial charge >= 0.3 is 12.0 Å². The third kappa shape index (κ3) is 5.92. The number of aliphatic carboxylic acids is 1. The van der Waals surface area contributed by atoms with Crippen LogP contribution in [-0.2, 0) is 11.3 Å². The van der Waals surface area contributed by atoms with Gasteiger partial charge in [-0.15, -0.1) is 11.3 Å². The number of carbonyl (C=O) groups excluding carboxylic acids is 1. The molecule has 0 radical (unpaired) electrons. The lowest BCUT2D eigenvalue weighted by atomic mass is 10.1. The molecule has 1 aromatic rings. The number of carbonyl (C=O) groups is 2. The van der Waals surface area contributed by atoms with E-state index in [0.717, 1.165) is 15.8 Å². The van der Waals surface area contributed by atoms with Gasteiger partial charge in [-0.05, 0) is 28.4 Å². The normalized spacial score (nSPS) is 11.9. The third-order valence-electron chi connectivity index (χ3n) is 2.75. The van der Waals surface area contributed by atoms with Gasteiger partial charge in [0.1, 0.15) is 0 Å². The minimum absolute atomic E-state index is 0.0437. The Kier molecular flexibility index (Phi) is 7.01. The number of nitrogens with zero attached hydrogens (tertiary/aromatic N) is 1. The summed E-state index contributed by atoms with van der Waals surface area (Å²) in [5.41, 5.74) is 0. The van der Waals surface area contributed by atoms with Crippen LogP contribution in [-0.4, -0.2) is 35.1 Å². The van der Waals surface area contributed by atoms with Crippen LogP contribution in [0.4, 0.5) is 4.79 Å². The summed E-state index contributed by atoms with van der Waals surface area (Å²) in [5, 5.41) is 13.6. The van der Waals surface area contributed by atoms with Gasteiger partial charge in [0.25, 0.3) is 0 Å². The Bertz CT molecular complexity index is 464. The predicted octanol–water partition coefficient (Wildman–Crippen LogP) is 3.30. The summed E-state index contributed by atoms with van der Waals surface area (Å²) in [6.45, 7) is 2.47. The quantitative estimate of drug-likeness (QED) is 0.781. The number of amides is 2. The maximum atomic E-state index is 12.0. The summed E-state index contributed by atoms with van der Waals surface area (Å²) in [6.07, 6.45) is 1.45. The first-order valence-corrected chi connectivity index (χ1v) is 8.06. The Morgan fingerprint density at radius 3 is 2.75 bits per heavy atom. The Labute approximate surface area is 131 Å². The lowest BCUT2D eigenvalue weighted by Crippen LogP contribution is -2.43. The molecule has 0 fully saturated rings. The molecule has 1 heterocycles. The zero-order chi connectivity index (χ0) is 15.1. The molecule has 7 heteroatoms. The lowest BCUT2D eigenvalue weighted by molar-refractivity contribution is -0.137. The molecule has 1 unspecified atom stereocenters. The largest absolute Gasteiger partial charge is 0.481 e. The summed E-state index contributed by atoms with van der Waals surface area (Å²) >= 11 is 4.95. The van der Waals surface area contributed by atoms with Crippen molar-refractivity contribution in [1.29, 1.82) is 0 Å². The monoisotopic (exact) mass is 362 g/mol. The summed E-state index contributed by atoms with van der Waals surface area (Å²) < 4.78 is 1.00. The van der Waals surface area contributed by atoms with E-state index in [4.69, 9.17) is 5.11 Å². The predicted molar refractivity (Wildman–Crippen MR) is 83.0 cm³/mol. The maximum Gasteiger partial charge on any atom is 0.317 e. The van der Waals surface area contributed by atoms with E-state index in [0.29, 0.717) is 13.0 Å². The van der Waals surface area contributed by atoms with E-state index in [-0.39, 0.29) is 18.5 Å². The zero-order valence-electron chi connectivity index (χ0n) is 11.6. The van der Waals surface area contributed by atoms with Gasteiger partial charge in [-0.2, -0.15) is 0 Å². The van der Waals surface area contributed by atoms with Crippen LogP contribution in [0.1, 0.15) is 31.1 Å². The van der Waals surface area contributed by atoms with E-state index in [2.05, 4.69) is 21.2 Å². The molecule has 0 saturated heterocycles. The number of thiophene rings is 1. The highest BCUT2D eigenvalue weighted by Crippen LogP contribution is 2.20. The van der Waals surface area contributed by atoms with Crippen molar-refractivity contribution >= 4 is 39.3 Å². The van der Waals surface area contributed by atoms with Crippen LogP contribution in [0, 0.1) is 0 Å². The molecule has 0 saturated carbocycles. The van der Waals surface area contributed by atoms with E-state index < -0.39 is 5.97 Å². The van der Waals surface area contributed by atoms with Crippen molar-refractivity contribution in [2.75, 3.05) is 7.05 Å². The van der Waals surface area contributed by atoms with Crippen LogP contribution in [0.15, 0.2) is 15.9 Å². The molecule has 5 nitrogen and oxygen atoms in total. The molecule has 1 atom stereocenters. The van der Waals surface area contributed by atoms with Crippen molar-refractivity contribution < 1.29 is 14.7 Å². The highest BCUT2D eigenvalue weighted by Gasteiger charge is 2.18. The standard InChI is InChI=1S/C13H19BrN2O3S/c1-3-4-10(6-12(17)18)15-13(19)16(2)7-11-5-9(14)8-20-11/h5,8,10H,3-4,6-7H2,1-2H3,(H,15,19)(H,17,18). The van der Waals surface area contributed by atoms with E-state index in [1.807, 2.05) is 18.4 Å². The van der Waals surface area contributed by atoms with Crippen LogP contribution < -0.4 is 5.32 Å². The molecular weight excluding hydrogens is 344 g/mol. The molecule has 20 heavy (non-hydrogen) atoms. The highest BCUT2D eigenvalue weighted by molar-refractivity contribution is 9.10. The minimum atomic E-state index is -0.895. The van der Waals surface area contributed by atoms with Gasteiger partial charge in [0.15, 0.2) is 0 Å². The van der Waals surface area contributed by atoms with E-state index >= 15 is 0 Å². The molecule has 1 rings (SSSR count). The number of rotatable bonds is 7. The van der Waals surface area contributed by atoms with Gasteiger partial charge in [-0.25, -0.2) is 4.79 Å². The molecular formula is C13H19BrN2O3S. The minimum Gasteiger partial charge on any atom is -0.481 e. The molecule has 0 aliphatic rings. The SMILES string of the molecule is CCCC(CC(=O)O)NC(=O)N(C)Cc1cc(Br)cs1. The number of hydrogen-bond donors (Lipinski definition) is 2. The highest BCUT2D eigenvalue weighted by atomic mass is 79.9. The Morgan fingerprint density at radius 1 is 1.55 bits per heavy atom. The maximum absolute atomic E-state index is 12.0. The Morgan fingerprint density at radius 2 is 2.25 bits per heavy atom. The fraction of sp³-hybridized carbons (Fsp3) is 0.538. The second kappa shape index (κ2) is 8.26. The fourth-order valence-electron chi connectivity index (χ4n) is 1.81. The molecule has 0 aliphatic heterocycles. The number of nitrogens with one attached hydrogen (secondary N) is 1. The number of halogens is 1.